The molecule has 2 aromatic rings. The topological polar surface area (TPSA) is 28.2 Å². The van der Waals surface area contributed by atoms with Crippen molar-refractivity contribution in [2.45, 2.75) is 39.8 Å². The van der Waals surface area contributed by atoms with Gasteiger partial charge in [0.25, 0.3) is 0 Å². The molecule has 2 aromatic heterocycles. The van der Waals surface area contributed by atoms with E-state index in [1.807, 2.05) is 17.5 Å². The van der Waals surface area contributed by atoms with Gasteiger partial charge in [-0.25, -0.2) is 0 Å². The van der Waals surface area contributed by atoms with Crippen molar-refractivity contribution in [3.8, 4) is 0 Å². The van der Waals surface area contributed by atoms with Crippen LogP contribution in [-0.2, 0) is 19.5 Å². The third kappa shape index (κ3) is 3.27. The van der Waals surface area contributed by atoms with Gasteiger partial charge in [0.05, 0.1) is 0 Å². The smallest absolute Gasteiger partial charge is 0.0448 e. The van der Waals surface area contributed by atoms with Crippen molar-refractivity contribution in [3.63, 3.8) is 0 Å². The standard InChI is InChI=1S/C17H23N3S/c1-3-6-18-10-15-11-19-13(2)9-16(15)20-7-4-17-14(12-20)5-8-21-17/h5,8-9,11,18H,3-4,6-7,10,12H2,1-2H3. The summed E-state index contributed by atoms with van der Waals surface area (Å²) in [5, 5.41) is 5.72. The Bertz CT molecular complexity index is 606. The van der Waals surface area contributed by atoms with Crippen LogP contribution in [0, 0.1) is 6.92 Å². The van der Waals surface area contributed by atoms with E-state index in [1.54, 1.807) is 4.88 Å². The molecule has 0 aliphatic carbocycles. The van der Waals surface area contributed by atoms with Crippen molar-refractivity contribution in [1.29, 1.82) is 0 Å². The van der Waals surface area contributed by atoms with Crippen molar-refractivity contribution in [1.82, 2.24) is 10.3 Å². The first-order chi connectivity index (χ1) is 10.3. The highest BCUT2D eigenvalue weighted by Gasteiger charge is 2.19. The van der Waals surface area contributed by atoms with Gasteiger partial charge in [0.15, 0.2) is 0 Å². The number of hydrogen-bond acceptors (Lipinski definition) is 4. The molecule has 1 N–H and O–H groups in total. The van der Waals surface area contributed by atoms with Crippen LogP contribution in [0.3, 0.4) is 0 Å². The van der Waals surface area contributed by atoms with Crippen LogP contribution in [-0.4, -0.2) is 18.1 Å². The Hall–Kier alpha value is -1.39. The number of anilines is 1. The molecule has 0 saturated heterocycles. The lowest BCUT2D eigenvalue weighted by Crippen LogP contribution is -2.31. The Kier molecular flexibility index (Phi) is 4.56. The number of fused-ring (bicyclic) bond motifs is 1. The quantitative estimate of drug-likeness (QED) is 0.857. The van der Waals surface area contributed by atoms with Crippen LogP contribution in [0.15, 0.2) is 23.7 Å². The van der Waals surface area contributed by atoms with Crippen LogP contribution >= 0.6 is 11.3 Å². The molecule has 0 aromatic carbocycles. The number of pyridine rings is 1. The molecule has 3 rings (SSSR count). The van der Waals surface area contributed by atoms with Gasteiger partial charge in [-0.2, -0.15) is 0 Å². The molecular weight excluding hydrogens is 278 g/mol. The number of aryl methyl sites for hydroxylation is 1. The first-order valence-corrected chi connectivity index (χ1v) is 8.62. The minimum absolute atomic E-state index is 0.906. The number of nitrogens with one attached hydrogen (secondary N) is 1. The maximum Gasteiger partial charge on any atom is 0.0448 e. The Balaban J connectivity index is 1.82. The van der Waals surface area contributed by atoms with Crippen LogP contribution in [0.4, 0.5) is 5.69 Å². The SMILES string of the molecule is CCCNCc1cnc(C)cc1N1CCc2sccc2C1. The number of nitrogens with zero attached hydrogens (tertiary/aromatic N) is 2. The number of hydrogen-bond donors (Lipinski definition) is 1. The summed E-state index contributed by atoms with van der Waals surface area (Å²) in [7, 11) is 0. The van der Waals surface area contributed by atoms with E-state index in [9.17, 15) is 0 Å². The third-order valence-corrected chi connectivity index (χ3v) is 5.01. The van der Waals surface area contributed by atoms with Crippen molar-refractivity contribution in [3.05, 3.63) is 45.4 Å². The fourth-order valence-electron chi connectivity index (χ4n) is 2.86. The van der Waals surface area contributed by atoms with Crippen molar-refractivity contribution in [2.24, 2.45) is 0 Å². The van der Waals surface area contributed by atoms with E-state index in [0.29, 0.717) is 0 Å². The van der Waals surface area contributed by atoms with E-state index in [1.165, 1.54) is 16.8 Å². The van der Waals surface area contributed by atoms with Gasteiger partial charge < -0.3 is 10.2 Å². The van der Waals surface area contributed by atoms with E-state index in [-0.39, 0.29) is 0 Å². The zero-order valence-electron chi connectivity index (χ0n) is 12.9. The normalized spacial score (nSPS) is 14.3. The average Bonchev–Trinajstić information content (AvgIpc) is 2.96. The van der Waals surface area contributed by atoms with Gasteiger partial charge >= 0.3 is 0 Å². The highest BCUT2D eigenvalue weighted by Crippen LogP contribution is 2.30. The average molecular weight is 301 g/mol. The van der Waals surface area contributed by atoms with Crippen LogP contribution < -0.4 is 10.2 Å². The monoisotopic (exact) mass is 301 g/mol. The molecule has 0 fully saturated rings. The molecule has 1 aliphatic heterocycles. The molecule has 1 aliphatic rings. The van der Waals surface area contributed by atoms with E-state index in [2.05, 4.69) is 46.6 Å². The molecule has 3 nitrogen and oxygen atoms in total. The zero-order chi connectivity index (χ0) is 14.7. The lowest BCUT2D eigenvalue weighted by molar-refractivity contribution is 0.665. The number of rotatable bonds is 5. The van der Waals surface area contributed by atoms with E-state index in [0.717, 1.165) is 44.7 Å². The van der Waals surface area contributed by atoms with Gasteiger partial charge in [0.1, 0.15) is 0 Å². The van der Waals surface area contributed by atoms with E-state index in [4.69, 9.17) is 0 Å². The second-order valence-corrected chi connectivity index (χ2v) is 6.67. The molecule has 3 heterocycles. The maximum atomic E-state index is 4.48. The summed E-state index contributed by atoms with van der Waals surface area (Å²) in [5.74, 6) is 0. The fraction of sp³-hybridized carbons (Fsp3) is 0.471. The lowest BCUT2D eigenvalue weighted by atomic mass is 10.1. The first kappa shape index (κ1) is 14.5. The molecule has 21 heavy (non-hydrogen) atoms. The van der Waals surface area contributed by atoms with Crippen LogP contribution in [0.5, 0.6) is 0 Å². The Morgan fingerprint density at radius 1 is 1.43 bits per heavy atom. The van der Waals surface area contributed by atoms with Gasteiger partial charge in [0, 0.05) is 47.7 Å². The molecular formula is C17H23N3S. The summed E-state index contributed by atoms with van der Waals surface area (Å²) in [4.78, 5) is 8.55. The molecule has 0 atom stereocenters. The number of aromatic nitrogens is 1. The Morgan fingerprint density at radius 2 is 2.33 bits per heavy atom. The minimum atomic E-state index is 0.906. The first-order valence-electron chi connectivity index (χ1n) is 7.74. The van der Waals surface area contributed by atoms with Gasteiger partial charge in [-0.1, -0.05) is 6.92 Å². The molecule has 0 spiro atoms. The summed E-state index contributed by atoms with van der Waals surface area (Å²) >= 11 is 1.90. The molecule has 0 radical (unpaired) electrons. The summed E-state index contributed by atoms with van der Waals surface area (Å²) < 4.78 is 0. The molecule has 0 saturated carbocycles. The lowest BCUT2D eigenvalue weighted by Gasteiger charge is -2.31. The predicted molar refractivity (Wildman–Crippen MR) is 90.0 cm³/mol. The van der Waals surface area contributed by atoms with Crippen LogP contribution in [0.1, 0.15) is 35.0 Å². The van der Waals surface area contributed by atoms with Crippen molar-refractivity contribution >= 4 is 17.0 Å². The molecule has 0 amide bonds. The second-order valence-electron chi connectivity index (χ2n) is 5.67. The van der Waals surface area contributed by atoms with Gasteiger partial charge in [-0.15, -0.1) is 11.3 Å². The molecule has 0 unspecified atom stereocenters. The Labute approximate surface area is 131 Å². The number of thiophene rings is 1. The highest BCUT2D eigenvalue weighted by molar-refractivity contribution is 7.10. The van der Waals surface area contributed by atoms with Gasteiger partial charge in [0.2, 0.25) is 0 Å². The molecule has 4 heteroatoms. The van der Waals surface area contributed by atoms with E-state index >= 15 is 0 Å². The van der Waals surface area contributed by atoms with Gasteiger partial charge in [-0.05, 0) is 49.4 Å². The molecule has 112 valence electrons. The molecule has 0 bridgehead atoms. The summed E-state index contributed by atoms with van der Waals surface area (Å²) in [6.45, 7) is 8.38. The zero-order valence-corrected chi connectivity index (χ0v) is 13.7. The van der Waals surface area contributed by atoms with Crippen molar-refractivity contribution < 1.29 is 0 Å². The highest BCUT2D eigenvalue weighted by atomic mass is 32.1. The van der Waals surface area contributed by atoms with Gasteiger partial charge in [-0.3, -0.25) is 4.98 Å². The van der Waals surface area contributed by atoms with E-state index < -0.39 is 0 Å². The minimum Gasteiger partial charge on any atom is -0.366 e. The predicted octanol–water partition coefficient (Wildman–Crippen LogP) is 3.51. The van der Waals surface area contributed by atoms with Crippen LogP contribution in [0.2, 0.25) is 0 Å². The fourth-order valence-corrected chi connectivity index (χ4v) is 3.75. The summed E-state index contributed by atoms with van der Waals surface area (Å²) in [5.41, 5.74) is 5.25. The second kappa shape index (κ2) is 6.58. The largest absolute Gasteiger partial charge is 0.366 e. The van der Waals surface area contributed by atoms with Crippen LogP contribution in [0.25, 0.3) is 0 Å². The Morgan fingerprint density at radius 3 is 3.19 bits per heavy atom. The summed E-state index contributed by atoms with van der Waals surface area (Å²) in [6, 6.07) is 4.51. The van der Waals surface area contributed by atoms with Crippen molar-refractivity contribution in [2.75, 3.05) is 18.0 Å². The maximum absolute atomic E-state index is 4.48. The third-order valence-electron chi connectivity index (χ3n) is 3.99. The summed E-state index contributed by atoms with van der Waals surface area (Å²) in [6.07, 6.45) is 4.36.